The molecule has 0 aromatic carbocycles. The minimum atomic E-state index is -0.372. The van der Waals surface area contributed by atoms with Crippen molar-refractivity contribution in [3.05, 3.63) is 22.5 Å². The fourth-order valence-electron chi connectivity index (χ4n) is 2.47. The number of rotatable bonds is 6. The van der Waals surface area contributed by atoms with E-state index in [9.17, 15) is 9.59 Å². The Morgan fingerprint density at radius 1 is 1.24 bits per heavy atom. The van der Waals surface area contributed by atoms with Crippen LogP contribution in [-0.4, -0.2) is 29.6 Å². The number of esters is 1. The molecule has 0 bridgehead atoms. The fraction of sp³-hybridized carbons (Fsp3) is 0.625. The molecule has 1 aromatic rings. The molecule has 1 rings (SSSR count). The number of carbonyl (C=O) groups excluding carboxylic acids is 2. The first-order valence-corrected chi connectivity index (χ1v) is 7.50. The average molecular weight is 294 g/mol. The lowest BCUT2D eigenvalue weighted by molar-refractivity contribution is 0.0512. The summed E-state index contributed by atoms with van der Waals surface area (Å²) in [6, 6.07) is 0. The predicted octanol–water partition coefficient (Wildman–Crippen LogP) is 2.69. The van der Waals surface area contributed by atoms with E-state index in [1.807, 2.05) is 32.3 Å². The number of carbonyl (C=O) groups is 2. The van der Waals surface area contributed by atoms with E-state index in [1.165, 1.54) is 0 Å². The fourth-order valence-corrected chi connectivity index (χ4v) is 2.47. The molecule has 0 radical (unpaired) electrons. The normalized spacial score (nSPS) is 10.8. The van der Waals surface area contributed by atoms with E-state index in [2.05, 4.69) is 5.32 Å². The maximum atomic E-state index is 12.4. The summed E-state index contributed by atoms with van der Waals surface area (Å²) in [5.74, 6) is -0.119. The summed E-state index contributed by atoms with van der Waals surface area (Å²) in [4.78, 5) is 24.5. The summed E-state index contributed by atoms with van der Waals surface area (Å²) in [5.41, 5.74) is 2.56. The van der Waals surface area contributed by atoms with Gasteiger partial charge in [0, 0.05) is 18.8 Å². The van der Waals surface area contributed by atoms with Crippen molar-refractivity contribution >= 4 is 11.9 Å². The Bertz CT molecular complexity index is 530. The van der Waals surface area contributed by atoms with Gasteiger partial charge in [0.05, 0.1) is 12.2 Å². The number of aromatic nitrogens is 1. The third-order valence-corrected chi connectivity index (χ3v) is 3.45. The first kappa shape index (κ1) is 17.3. The maximum Gasteiger partial charge on any atom is 0.355 e. The molecule has 1 N–H and O–H groups in total. The van der Waals surface area contributed by atoms with E-state index in [4.69, 9.17) is 4.74 Å². The van der Waals surface area contributed by atoms with Crippen molar-refractivity contribution in [2.24, 2.45) is 5.92 Å². The van der Waals surface area contributed by atoms with Crippen LogP contribution in [0.2, 0.25) is 0 Å². The SMILES string of the molecule is CCOC(=O)c1c(C)c(C(=O)NCC(C)C)c(C)n1CC. The standard InChI is InChI=1S/C16H26N2O3/c1-7-18-12(6)13(15(19)17-9-10(3)4)11(5)14(18)16(20)21-8-2/h10H,7-9H2,1-6H3,(H,17,19). The molecule has 118 valence electrons. The Balaban J connectivity index is 3.22. The lowest BCUT2D eigenvalue weighted by atomic mass is 10.1. The second kappa shape index (κ2) is 7.29. The Hall–Kier alpha value is -1.78. The van der Waals surface area contributed by atoms with Crippen LogP contribution in [0.1, 0.15) is 59.8 Å². The molecule has 5 heteroatoms. The molecule has 1 heterocycles. The van der Waals surface area contributed by atoms with Gasteiger partial charge in [-0.2, -0.15) is 0 Å². The molecule has 0 aliphatic carbocycles. The first-order chi connectivity index (χ1) is 9.84. The summed E-state index contributed by atoms with van der Waals surface area (Å²) in [6.45, 7) is 13.0. The Labute approximate surface area is 126 Å². The number of ether oxygens (including phenoxy) is 1. The molecule has 21 heavy (non-hydrogen) atoms. The molecule has 0 fully saturated rings. The second-order valence-corrected chi connectivity index (χ2v) is 5.50. The quantitative estimate of drug-likeness (QED) is 0.821. The number of amides is 1. The molecule has 0 aliphatic heterocycles. The molecular weight excluding hydrogens is 268 g/mol. The third-order valence-electron chi connectivity index (χ3n) is 3.45. The van der Waals surface area contributed by atoms with Crippen molar-refractivity contribution in [3.8, 4) is 0 Å². The monoisotopic (exact) mass is 294 g/mol. The largest absolute Gasteiger partial charge is 0.461 e. The van der Waals surface area contributed by atoms with Gasteiger partial charge >= 0.3 is 5.97 Å². The summed E-state index contributed by atoms with van der Waals surface area (Å²) in [6.07, 6.45) is 0. The topological polar surface area (TPSA) is 60.3 Å². The molecule has 0 atom stereocenters. The van der Waals surface area contributed by atoms with Crippen LogP contribution in [-0.2, 0) is 11.3 Å². The lowest BCUT2D eigenvalue weighted by Crippen LogP contribution is -2.28. The van der Waals surface area contributed by atoms with Gasteiger partial charge in [0.2, 0.25) is 0 Å². The molecular formula is C16H26N2O3. The van der Waals surface area contributed by atoms with Gasteiger partial charge in [-0.1, -0.05) is 13.8 Å². The van der Waals surface area contributed by atoms with Crippen LogP contribution in [0.3, 0.4) is 0 Å². The van der Waals surface area contributed by atoms with Crippen LogP contribution in [0.15, 0.2) is 0 Å². The van der Waals surface area contributed by atoms with Gasteiger partial charge < -0.3 is 14.6 Å². The summed E-state index contributed by atoms with van der Waals surface area (Å²) < 4.78 is 6.95. The van der Waals surface area contributed by atoms with Crippen LogP contribution in [0.4, 0.5) is 0 Å². The average Bonchev–Trinajstić information content (AvgIpc) is 2.67. The molecule has 0 aliphatic rings. The minimum Gasteiger partial charge on any atom is -0.461 e. The van der Waals surface area contributed by atoms with Crippen molar-refractivity contribution < 1.29 is 14.3 Å². The highest BCUT2D eigenvalue weighted by Gasteiger charge is 2.26. The molecule has 0 saturated carbocycles. The number of nitrogens with one attached hydrogen (secondary N) is 1. The van der Waals surface area contributed by atoms with Gasteiger partial charge in [-0.25, -0.2) is 4.79 Å². The zero-order valence-electron chi connectivity index (χ0n) is 13.9. The third kappa shape index (κ3) is 3.65. The van der Waals surface area contributed by atoms with Crippen molar-refractivity contribution in [1.82, 2.24) is 9.88 Å². The van der Waals surface area contributed by atoms with E-state index < -0.39 is 0 Å². The van der Waals surface area contributed by atoms with E-state index in [1.54, 1.807) is 13.8 Å². The van der Waals surface area contributed by atoms with E-state index in [0.29, 0.717) is 42.4 Å². The van der Waals surface area contributed by atoms with Gasteiger partial charge in [0.25, 0.3) is 5.91 Å². The van der Waals surface area contributed by atoms with Crippen LogP contribution in [0.5, 0.6) is 0 Å². The van der Waals surface area contributed by atoms with E-state index in [0.717, 1.165) is 5.69 Å². The van der Waals surface area contributed by atoms with Gasteiger partial charge in [0.1, 0.15) is 5.69 Å². The van der Waals surface area contributed by atoms with Gasteiger partial charge in [-0.05, 0) is 39.2 Å². The Kier molecular flexibility index (Phi) is 6.00. The Morgan fingerprint density at radius 3 is 2.33 bits per heavy atom. The van der Waals surface area contributed by atoms with Crippen LogP contribution < -0.4 is 5.32 Å². The van der Waals surface area contributed by atoms with E-state index in [-0.39, 0.29) is 11.9 Å². The predicted molar refractivity (Wildman–Crippen MR) is 82.7 cm³/mol. The highest BCUT2D eigenvalue weighted by molar-refractivity contribution is 6.01. The zero-order chi connectivity index (χ0) is 16.2. The lowest BCUT2D eigenvalue weighted by Gasteiger charge is -2.09. The number of hydrogen-bond acceptors (Lipinski definition) is 3. The second-order valence-electron chi connectivity index (χ2n) is 5.50. The van der Waals surface area contributed by atoms with Crippen LogP contribution >= 0.6 is 0 Å². The zero-order valence-corrected chi connectivity index (χ0v) is 13.9. The molecule has 0 saturated heterocycles. The molecule has 1 amide bonds. The van der Waals surface area contributed by atoms with Gasteiger partial charge in [0.15, 0.2) is 0 Å². The minimum absolute atomic E-state index is 0.128. The van der Waals surface area contributed by atoms with Crippen LogP contribution in [0, 0.1) is 19.8 Å². The molecule has 5 nitrogen and oxygen atoms in total. The summed E-state index contributed by atoms with van der Waals surface area (Å²) in [5, 5.41) is 2.91. The smallest absolute Gasteiger partial charge is 0.355 e. The van der Waals surface area contributed by atoms with Crippen molar-refractivity contribution in [2.75, 3.05) is 13.2 Å². The molecule has 0 unspecified atom stereocenters. The molecule has 0 spiro atoms. The van der Waals surface area contributed by atoms with Crippen molar-refractivity contribution in [1.29, 1.82) is 0 Å². The maximum absolute atomic E-state index is 12.4. The Morgan fingerprint density at radius 2 is 1.86 bits per heavy atom. The highest BCUT2D eigenvalue weighted by atomic mass is 16.5. The summed E-state index contributed by atoms with van der Waals surface area (Å²) >= 11 is 0. The van der Waals surface area contributed by atoms with Crippen molar-refractivity contribution in [2.45, 2.75) is 48.1 Å². The summed E-state index contributed by atoms with van der Waals surface area (Å²) in [7, 11) is 0. The van der Waals surface area contributed by atoms with E-state index >= 15 is 0 Å². The van der Waals surface area contributed by atoms with Gasteiger partial charge in [-0.3, -0.25) is 4.79 Å². The number of hydrogen-bond donors (Lipinski definition) is 1. The van der Waals surface area contributed by atoms with Crippen molar-refractivity contribution in [3.63, 3.8) is 0 Å². The molecule has 1 aromatic heterocycles. The first-order valence-electron chi connectivity index (χ1n) is 7.50. The van der Waals surface area contributed by atoms with Gasteiger partial charge in [-0.15, -0.1) is 0 Å². The number of nitrogens with zero attached hydrogens (tertiary/aromatic N) is 1. The highest BCUT2D eigenvalue weighted by Crippen LogP contribution is 2.23. The van der Waals surface area contributed by atoms with Crippen LogP contribution in [0.25, 0.3) is 0 Å².